The van der Waals surface area contributed by atoms with Crippen LogP contribution in [0.15, 0.2) is 34.9 Å². The zero-order valence-corrected chi connectivity index (χ0v) is 14.5. The molecule has 1 N–H and O–H groups in total. The lowest BCUT2D eigenvalue weighted by Gasteiger charge is -2.20. The monoisotopic (exact) mass is 349 g/mol. The smallest absolute Gasteiger partial charge is 0.227 e. The topological polar surface area (TPSA) is 75.4 Å². The molecule has 0 aliphatic rings. The van der Waals surface area contributed by atoms with E-state index in [1.54, 1.807) is 17.9 Å². The Morgan fingerprint density at radius 2 is 1.96 bits per heavy atom. The average Bonchev–Trinajstić information content (AvgIpc) is 2.93. The van der Waals surface area contributed by atoms with Crippen molar-refractivity contribution in [1.29, 1.82) is 0 Å². The van der Waals surface area contributed by atoms with Gasteiger partial charge in [-0.15, -0.1) is 0 Å². The van der Waals surface area contributed by atoms with Gasteiger partial charge in [-0.1, -0.05) is 28.9 Å². The molecule has 24 heavy (non-hydrogen) atoms. The SMILES string of the molecule is CC(=O)N(CCC(=O)Nc1cc(C)on1)CCc1ccc(Cl)cc1. The van der Waals surface area contributed by atoms with Gasteiger partial charge in [-0.25, -0.2) is 0 Å². The Balaban J connectivity index is 1.81. The van der Waals surface area contributed by atoms with Crippen LogP contribution in [0, 0.1) is 6.92 Å². The fourth-order valence-electron chi connectivity index (χ4n) is 2.21. The standard InChI is InChI=1S/C17H20ClN3O3/c1-12-11-16(20-24-12)19-17(23)8-10-21(13(2)22)9-7-14-3-5-15(18)6-4-14/h3-6,11H,7-10H2,1-2H3,(H,19,20,23). The number of carbonyl (C=O) groups is 2. The van der Waals surface area contributed by atoms with Crippen LogP contribution in [0.25, 0.3) is 0 Å². The predicted octanol–water partition coefficient (Wildman–Crippen LogP) is 3.06. The number of carbonyl (C=O) groups excluding carboxylic acids is 2. The van der Waals surface area contributed by atoms with E-state index < -0.39 is 0 Å². The molecule has 6 nitrogen and oxygen atoms in total. The van der Waals surface area contributed by atoms with Gasteiger partial charge in [-0.3, -0.25) is 9.59 Å². The lowest BCUT2D eigenvalue weighted by atomic mass is 10.1. The first-order chi connectivity index (χ1) is 11.4. The molecule has 0 spiro atoms. The van der Waals surface area contributed by atoms with Crippen molar-refractivity contribution in [3.05, 3.63) is 46.7 Å². The Morgan fingerprint density at radius 1 is 1.25 bits per heavy atom. The van der Waals surface area contributed by atoms with Crippen molar-refractivity contribution in [2.75, 3.05) is 18.4 Å². The molecule has 0 radical (unpaired) electrons. The molecule has 0 aliphatic heterocycles. The zero-order chi connectivity index (χ0) is 17.5. The van der Waals surface area contributed by atoms with Gasteiger partial charge in [-0.2, -0.15) is 0 Å². The van der Waals surface area contributed by atoms with Gasteiger partial charge >= 0.3 is 0 Å². The van der Waals surface area contributed by atoms with Gasteiger partial charge in [0.25, 0.3) is 0 Å². The Labute approximate surface area is 145 Å². The number of halogens is 1. The highest BCUT2D eigenvalue weighted by Gasteiger charge is 2.12. The van der Waals surface area contributed by atoms with Crippen LogP contribution in [-0.2, 0) is 16.0 Å². The molecule has 0 atom stereocenters. The lowest BCUT2D eigenvalue weighted by molar-refractivity contribution is -0.129. The summed E-state index contributed by atoms with van der Waals surface area (Å²) in [7, 11) is 0. The molecule has 0 fully saturated rings. The third-order valence-corrected chi connectivity index (χ3v) is 3.79. The van der Waals surface area contributed by atoms with Crippen LogP contribution in [0.1, 0.15) is 24.7 Å². The van der Waals surface area contributed by atoms with Crippen LogP contribution >= 0.6 is 11.6 Å². The van der Waals surface area contributed by atoms with Crippen molar-refractivity contribution in [2.45, 2.75) is 26.7 Å². The van der Waals surface area contributed by atoms with Crippen molar-refractivity contribution in [2.24, 2.45) is 0 Å². The van der Waals surface area contributed by atoms with E-state index in [1.807, 2.05) is 24.3 Å². The maximum Gasteiger partial charge on any atom is 0.227 e. The van der Waals surface area contributed by atoms with E-state index in [1.165, 1.54) is 6.92 Å². The molecule has 128 valence electrons. The molecule has 1 aromatic heterocycles. The van der Waals surface area contributed by atoms with Gasteiger partial charge in [0.1, 0.15) is 5.76 Å². The summed E-state index contributed by atoms with van der Waals surface area (Å²) >= 11 is 5.86. The van der Waals surface area contributed by atoms with E-state index in [9.17, 15) is 9.59 Å². The van der Waals surface area contributed by atoms with Crippen molar-refractivity contribution >= 4 is 29.2 Å². The number of hydrogen-bond donors (Lipinski definition) is 1. The van der Waals surface area contributed by atoms with Crippen LogP contribution in [0.2, 0.25) is 5.02 Å². The summed E-state index contributed by atoms with van der Waals surface area (Å²) in [4.78, 5) is 25.3. The number of hydrogen-bond acceptors (Lipinski definition) is 4. The highest BCUT2D eigenvalue weighted by Crippen LogP contribution is 2.11. The highest BCUT2D eigenvalue weighted by atomic mass is 35.5. The van der Waals surface area contributed by atoms with E-state index >= 15 is 0 Å². The molecule has 2 aromatic rings. The molecule has 0 saturated carbocycles. The second-order valence-corrected chi connectivity index (χ2v) is 5.94. The summed E-state index contributed by atoms with van der Waals surface area (Å²) in [5.74, 6) is 0.738. The highest BCUT2D eigenvalue weighted by molar-refractivity contribution is 6.30. The van der Waals surface area contributed by atoms with Gasteiger partial charge < -0.3 is 14.7 Å². The first kappa shape index (κ1) is 18.0. The van der Waals surface area contributed by atoms with Crippen LogP contribution in [0.5, 0.6) is 0 Å². The number of anilines is 1. The largest absolute Gasteiger partial charge is 0.360 e. The van der Waals surface area contributed by atoms with Gasteiger partial charge in [0.2, 0.25) is 11.8 Å². The van der Waals surface area contributed by atoms with Crippen molar-refractivity contribution < 1.29 is 14.1 Å². The van der Waals surface area contributed by atoms with Crippen molar-refractivity contribution in [3.8, 4) is 0 Å². The second kappa shape index (κ2) is 8.49. The summed E-state index contributed by atoms with van der Waals surface area (Å²) in [6.45, 7) is 4.15. The molecule has 1 heterocycles. The fourth-order valence-corrected chi connectivity index (χ4v) is 2.33. The van der Waals surface area contributed by atoms with Gasteiger partial charge in [0.05, 0.1) is 0 Å². The molecule has 2 rings (SSSR count). The fraction of sp³-hybridized carbons (Fsp3) is 0.353. The molecular formula is C17H20ClN3O3. The molecule has 2 amide bonds. The van der Waals surface area contributed by atoms with E-state index in [2.05, 4.69) is 10.5 Å². The first-order valence-corrected chi connectivity index (χ1v) is 8.05. The molecule has 0 bridgehead atoms. The van der Waals surface area contributed by atoms with Crippen LogP contribution in [-0.4, -0.2) is 35.0 Å². The van der Waals surface area contributed by atoms with Gasteiger partial charge in [0.15, 0.2) is 5.82 Å². The Hall–Kier alpha value is -2.34. The molecule has 0 aliphatic carbocycles. The maximum atomic E-state index is 11.9. The van der Waals surface area contributed by atoms with Gasteiger partial charge in [-0.05, 0) is 31.0 Å². The number of benzene rings is 1. The van der Waals surface area contributed by atoms with Gasteiger partial charge in [0, 0.05) is 37.5 Å². The van der Waals surface area contributed by atoms with E-state index in [0.29, 0.717) is 36.1 Å². The van der Waals surface area contributed by atoms with E-state index in [0.717, 1.165) is 5.56 Å². The lowest BCUT2D eigenvalue weighted by Crippen LogP contribution is -2.33. The summed E-state index contributed by atoms with van der Waals surface area (Å²) in [6, 6.07) is 9.15. The normalized spacial score (nSPS) is 10.5. The van der Waals surface area contributed by atoms with E-state index in [4.69, 9.17) is 16.1 Å². The number of nitrogens with one attached hydrogen (secondary N) is 1. The zero-order valence-electron chi connectivity index (χ0n) is 13.7. The summed E-state index contributed by atoms with van der Waals surface area (Å²) in [5, 5.41) is 7.03. The summed E-state index contributed by atoms with van der Waals surface area (Å²) in [5.41, 5.74) is 1.09. The molecule has 0 saturated heterocycles. The maximum absolute atomic E-state index is 11.9. The predicted molar refractivity (Wildman–Crippen MR) is 91.9 cm³/mol. The minimum Gasteiger partial charge on any atom is -0.360 e. The Kier molecular flexibility index (Phi) is 6.37. The summed E-state index contributed by atoms with van der Waals surface area (Å²) < 4.78 is 4.89. The third-order valence-electron chi connectivity index (χ3n) is 3.53. The van der Waals surface area contributed by atoms with E-state index in [-0.39, 0.29) is 18.2 Å². The second-order valence-electron chi connectivity index (χ2n) is 5.50. The van der Waals surface area contributed by atoms with Crippen LogP contribution in [0.4, 0.5) is 5.82 Å². The average molecular weight is 350 g/mol. The molecule has 0 unspecified atom stereocenters. The van der Waals surface area contributed by atoms with Crippen LogP contribution in [0.3, 0.4) is 0 Å². The number of aromatic nitrogens is 1. The third kappa shape index (κ3) is 5.70. The molecule has 7 heteroatoms. The van der Waals surface area contributed by atoms with Crippen molar-refractivity contribution in [1.82, 2.24) is 10.1 Å². The number of nitrogens with zero attached hydrogens (tertiary/aromatic N) is 2. The number of amides is 2. The molecule has 1 aromatic carbocycles. The first-order valence-electron chi connectivity index (χ1n) is 7.67. The Morgan fingerprint density at radius 3 is 2.54 bits per heavy atom. The molecular weight excluding hydrogens is 330 g/mol. The number of rotatable bonds is 7. The minimum atomic E-state index is -0.207. The Bertz CT molecular complexity index is 697. The van der Waals surface area contributed by atoms with Crippen molar-refractivity contribution in [3.63, 3.8) is 0 Å². The minimum absolute atomic E-state index is 0.0611. The number of aryl methyl sites for hydroxylation is 1. The summed E-state index contributed by atoms with van der Waals surface area (Å²) in [6.07, 6.45) is 0.910. The van der Waals surface area contributed by atoms with Crippen LogP contribution < -0.4 is 5.32 Å². The quantitative estimate of drug-likeness (QED) is 0.833.